The topological polar surface area (TPSA) is 58.7 Å². The highest BCUT2D eigenvalue weighted by Gasteiger charge is 2.53. The number of halogens is 1. The number of carbonyl (C=O) groups excluding carboxylic acids is 1. The Kier molecular flexibility index (Phi) is 4.71. The number of hydrogen-bond donors (Lipinski definition) is 0. The molecule has 0 saturated carbocycles. The zero-order valence-electron chi connectivity index (χ0n) is 17.5. The Labute approximate surface area is 190 Å². The molecule has 0 N–H and O–H groups in total. The first-order valence-electron chi connectivity index (χ1n) is 10.5. The molecule has 0 unspecified atom stereocenters. The summed E-state index contributed by atoms with van der Waals surface area (Å²) in [7, 11) is 1.98. The summed E-state index contributed by atoms with van der Waals surface area (Å²) in [5, 5.41) is 14.8. The van der Waals surface area contributed by atoms with Gasteiger partial charge in [0.15, 0.2) is 5.78 Å². The molecule has 2 aromatic carbocycles. The number of rotatable bonds is 2. The first kappa shape index (κ1) is 20.0. The quantitative estimate of drug-likeness (QED) is 0.504. The van der Waals surface area contributed by atoms with Crippen molar-refractivity contribution in [3.63, 3.8) is 0 Å². The van der Waals surface area contributed by atoms with Crippen LogP contribution in [0.4, 0.5) is 0 Å². The Hall–Kier alpha value is -2.97. The average molecular weight is 472 g/mol. The van der Waals surface area contributed by atoms with Crippen LogP contribution in [0, 0.1) is 23.2 Å². The van der Waals surface area contributed by atoms with Gasteiger partial charge in [-0.1, -0.05) is 65.3 Å². The Bertz CT molecular complexity index is 1270. The van der Waals surface area contributed by atoms with E-state index in [0.717, 1.165) is 39.8 Å². The van der Waals surface area contributed by atoms with Crippen molar-refractivity contribution in [1.82, 2.24) is 9.78 Å². The Morgan fingerprint density at radius 3 is 2.68 bits per heavy atom. The summed E-state index contributed by atoms with van der Waals surface area (Å²) < 4.78 is 2.98. The number of hydrogen-bond acceptors (Lipinski definition) is 3. The van der Waals surface area contributed by atoms with Crippen molar-refractivity contribution < 1.29 is 4.79 Å². The van der Waals surface area contributed by atoms with Crippen LogP contribution in [0.5, 0.6) is 0 Å². The molecule has 0 radical (unpaired) electrons. The third kappa shape index (κ3) is 2.85. The van der Waals surface area contributed by atoms with E-state index in [1.54, 1.807) is 0 Å². The summed E-state index contributed by atoms with van der Waals surface area (Å²) in [6.07, 6.45) is 3.64. The van der Waals surface area contributed by atoms with Gasteiger partial charge in [0.05, 0.1) is 22.4 Å². The van der Waals surface area contributed by atoms with E-state index in [-0.39, 0.29) is 23.2 Å². The third-order valence-electron chi connectivity index (χ3n) is 6.95. The minimum Gasteiger partial charge on any atom is -0.293 e. The number of allylic oxidation sites excluding steroid dienone is 2. The molecule has 0 bridgehead atoms. The zero-order chi connectivity index (χ0) is 21.8. The second kappa shape index (κ2) is 7.32. The predicted octanol–water partition coefficient (Wildman–Crippen LogP) is 5.37. The van der Waals surface area contributed by atoms with E-state index in [2.05, 4.69) is 46.3 Å². The summed E-state index contributed by atoms with van der Waals surface area (Å²) in [6, 6.07) is 20.7. The standard InChI is InChI=1S/C26H22BrN3O/c1-16-22-12-11-21-23(17-7-6-10-20(27)13-17)30(2)29-25(21)26(22,14-18(15-28)24(16)31)19-8-4-3-5-9-19/h3-10,13-14,16,22H,11-12H2,1-2H3/t16-,22-,26+/m0/s1. The molecule has 1 aromatic heterocycles. The maximum atomic E-state index is 12.9. The van der Waals surface area contributed by atoms with Crippen molar-refractivity contribution in [2.45, 2.75) is 25.2 Å². The van der Waals surface area contributed by atoms with Gasteiger partial charge in [-0.3, -0.25) is 9.48 Å². The van der Waals surface area contributed by atoms with E-state index in [9.17, 15) is 10.1 Å². The van der Waals surface area contributed by atoms with Gasteiger partial charge in [-0.05, 0) is 42.5 Å². The van der Waals surface area contributed by atoms with Crippen LogP contribution in [0.2, 0.25) is 0 Å². The van der Waals surface area contributed by atoms with Gasteiger partial charge in [0.25, 0.3) is 0 Å². The highest BCUT2D eigenvalue weighted by atomic mass is 79.9. The number of Topliss-reactive ketones (excluding diaryl/α,β-unsaturated/α-hetero) is 1. The van der Waals surface area contributed by atoms with Crippen molar-refractivity contribution in [3.05, 3.63) is 87.5 Å². The normalized spacial score (nSPS) is 24.7. The molecule has 4 nitrogen and oxygen atoms in total. The molecule has 0 fully saturated rings. The lowest BCUT2D eigenvalue weighted by Crippen LogP contribution is -2.48. The minimum atomic E-state index is -0.588. The van der Waals surface area contributed by atoms with Crippen LogP contribution < -0.4 is 0 Å². The lowest BCUT2D eigenvalue weighted by molar-refractivity contribution is -0.121. The second-order valence-electron chi connectivity index (χ2n) is 8.51. The van der Waals surface area contributed by atoms with E-state index < -0.39 is 5.41 Å². The summed E-state index contributed by atoms with van der Waals surface area (Å²) >= 11 is 3.59. The van der Waals surface area contributed by atoms with Gasteiger partial charge in [-0.15, -0.1) is 0 Å². The number of aryl methyl sites for hydroxylation is 1. The molecule has 154 valence electrons. The van der Waals surface area contributed by atoms with Crippen LogP contribution in [0.15, 0.2) is 70.7 Å². The van der Waals surface area contributed by atoms with E-state index in [0.29, 0.717) is 0 Å². The molecule has 31 heavy (non-hydrogen) atoms. The molecule has 3 aromatic rings. The predicted molar refractivity (Wildman–Crippen MR) is 123 cm³/mol. The Morgan fingerprint density at radius 1 is 1.19 bits per heavy atom. The zero-order valence-corrected chi connectivity index (χ0v) is 19.1. The minimum absolute atomic E-state index is 0.0503. The van der Waals surface area contributed by atoms with Crippen molar-refractivity contribution in [1.29, 1.82) is 5.26 Å². The van der Waals surface area contributed by atoms with Crippen molar-refractivity contribution >= 4 is 21.7 Å². The van der Waals surface area contributed by atoms with Gasteiger partial charge in [0, 0.05) is 28.6 Å². The van der Waals surface area contributed by atoms with Crippen LogP contribution in [0.1, 0.15) is 30.2 Å². The molecular formula is C26H22BrN3O. The van der Waals surface area contributed by atoms with Crippen LogP contribution >= 0.6 is 15.9 Å². The number of ketones is 1. The SMILES string of the molecule is C[C@@H]1C(=O)C(C#N)=C[C@]2(c3ccccc3)c3nn(C)c(-c4cccc(Br)c4)c3CC[C@@H]12. The van der Waals surface area contributed by atoms with Gasteiger partial charge in [-0.25, -0.2) is 0 Å². The van der Waals surface area contributed by atoms with Gasteiger partial charge in [0.1, 0.15) is 6.07 Å². The molecule has 5 rings (SSSR count). The van der Waals surface area contributed by atoms with Crippen molar-refractivity contribution in [2.75, 3.05) is 0 Å². The van der Waals surface area contributed by atoms with Crippen LogP contribution in [0.3, 0.4) is 0 Å². The fourth-order valence-corrected chi connectivity index (χ4v) is 6.02. The van der Waals surface area contributed by atoms with Crippen LogP contribution in [0.25, 0.3) is 11.3 Å². The molecule has 0 amide bonds. The second-order valence-corrected chi connectivity index (χ2v) is 9.43. The Balaban J connectivity index is 1.85. The lowest BCUT2D eigenvalue weighted by atomic mass is 9.54. The summed E-state index contributed by atoms with van der Waals surface area (Å²) in [5.74, 6) is -0.216. The van der Waals surface area contributed by atoms with Gasteiger partial charge in [0.2, 0.25) is 0 Å². The number of fused-ring (bicyclic) bond motifs is 3. The number of carbonyl (C=O) groups is 1. The van der Waals surface area contributed by atoms with Crippen molar-refractivity contribution in [3.8, 4) is 17.3 Å². The van der Waals surface area contributed by atoms with Gasteiger partial charge >= 0.3 is 0 Å². The molecule has 0 spiro atoms. The third-order valence-corrected chi connectivity index (χ3v) is 7.45. The highest BCUT2D eigenvalue weighted by Crippen LogP contribution is 2.54. The van der Waals surface area contributed by atoms with Gasteiger partial charge < -0.3 is 0 Å². The smallest absolute Gasteiger partial charge is 0.176 e. The molecule has 2 aliphatic carbocycles. The molecule has 2 aliphatic rings. The molecular weight excluding hydrogens is 450 g/mol. The van der Waals surface area contributed by atoms with Crippen LogP contribution in [-0.2, 0) is 23.7 Å². The molecule has 1 heterocycles. The van der Waals surface area contributed by atoms with E-state index in [4.69, 9.17) is 5.10 Å². The van der Waals surface area contributed by atoms with Crippen molar-refractivity contribution in [2.24, 2.45) is 18.9 Å². The van der Waals surface area contributed by atoms with Gasteiger partial charge in [-0.2, -0.15) is 10.4 Å². The largest absolute Gasteiger partial charge is 0.293 e. The number of benzene rings is 2. The van der Waals surface area contributed by atoms with E-state index in [1.165, 1.54) is 5.56 Å². The molecule has 3 atom stereocenters. The fraction of sp³-hybridized carbons (Fsp3) is 0.269. The maximum Gasteiger partial charge on any atom is 0.176 e. The molecule has 5 heteroatoms. The first-order chi connectivity index (χ1) is 15.0. The number of aromatic nitrogens is 2. The fourth-order valence-electron chi connectivity index (χ4n) is 5.62. The summed E-state index contributed by atoms with van der Waals surface area (Å²) in [4.78, 5) is 12.9. The van der Waals surface area contributed by atoms with Crippen LogP contribution in [-0.4, -0.2) is 15.6 Å². The summed E-state index contributed by atoms with van der Waals surface area (Å²) in [6.45, 7) is 1.97. The maximum absolute atomic E-state index is 12.9. The van der Waals surface area contributed by atoms with E-state index in [1.807, 2.05) is 55.1 Å². The molecule has 0 saturated heterocycles. The summed E-state index contributed by atoms with van der Waals surface area (Å²) in [5.41, 5.74) is 5.13. The Morgan fingerprint density at radius 2 is 1.97 bits per heavy atom. The highest BCUT2D eigenvalue weighted by molar-refractivity contribution is 9.10. The monoisotopic (exact) mass is 471 g/mol. The average Bonchev–Trinajstić information content (AvgIpc) is 3.13. The number of nitrogens with zero attached hydrogens (tertiary/aromatic N) is 3. The molecule has 0 aliphatic heterocycles. The lowest BCUT2D eigenvalue weighted by Gasteiger charge is -2.47. The number of nitriles is 1. The van der Waals surface area contributed by atoms with E-state index >= 15 is 0 Å². The first-order valence-corrected chi connectivity index (χ1v) is 11.3.